The topological polar surface area (TPSA) is 208 Å². The Balaban J connectivity index is 2.73. The number of anilines is 8. The number of hydrogen-bond donors (Lipinski definition) is 8. The summed E-state index contributed by atoms with van der Waals surface area (Å²) in [5.74, 6) is 4.11. The van der Waals surface area contributed by atoms with E-state index in [1.54, 1.807) is 0 Å². The van der Waals surface area contributed by atoms with Crippen molar-refractivity contribution in [2.75, 3.05) is 45.9 Å². The molecule has 0 saturated carbocycles. The lowest BCUT2D eigenvalue weighted by molar-refractivity contribution is 1.66. The van der Waals surface area contributed by atoms with Crippen LogP contribution >= 0.6 is 48.4 Å². The summed E-state index contributed by atoms with van der Waals surface area (Å²) in [5.41, 5.74) is 52.4. The molecule has 0 heterocycles. The van der Waals surface area contributed by atoms with E-state index in [0.29, 0.717) is 52.6 Å². The molecule has 3 aromatic rings. The average Bonchev–Trinajstić information content (AvgIpc) is 2.67. The average molecular weight is 546 g/mol. The molecule has 148 valence electrons. The lowest BCUT2D eigenvalue weighted by Gasteiger charge is -2.22. The van der Waals surface area contributed by atoms with Crippen LogP contribution < -0.4 is 51.2 Å². The van der Waals surface area contributed by atoms with Gasteiger partial charge in [-0.2, -0.15) is 0 Å². The van der Waals surface area contributed by atoms with Crippen molar-refractivity contribution in [3.05, 3.63) is 15.2 Å². The number of nitrogen functional groups attached to an aromatic ring is 8. The van der Waals surface area contributed by atoms with Crippen LogP contribution in [0.25, 0.3) is 21.5 Å². The third-order valence-electron chi connectivity index (χ3n) is 4.66. The zero-order valence-electron chi connectivity index (χ0n) is 14.7. The minimum Gasteiger partial charge on any atom is -0.396 e. The lowest BCUT2D eigenvalue weighted by atomic mass is 9.95. The van der Waals surface area contributed by atoms with E-state index in [1.165, 1.54) is 0 Å². The Bertz CT molecular complexity index is 1100. The highest BCUT2D eigenvalue weighted by molar-refractivity contribution is 14.1. The summed E-state index contributed by atoms with van der Waals surface area (Å²) in [5, 5.41) is 3.67. The van der Waals surface area contributed by atoms with E-state index >= 15 is 0 Å². The molecule has 0 spiro atoms. The minimum atomic E-state index is 0.233. The van der Waals surface area contributed by atoms with Gasteiger partial charge >= 0.3 is 0 Å². The summed E-state index contributed by atoms with van der Waals surface area (Å²) in [7, 11) is 3.49. The Morgan fingerprint density at radius 3 is 1.29 bits per heavy atom. The van der Waals surface area contributed by atoms with Gasteiger partial charge in [-0.1, -0.05) is 28.5 Å². The zero-order chi connectivity index (χ0) is 20.9. The van der Waals surface area contributed by atoms with Gasteiger partial charge in [0, 0.05) is 25.1 Å². The summed E-state index contributed by atoms with van der Waals surface area (Å²) < 4.78 is 0.750. The van der Waals surface area contributed by atoms with Crippen LogP contribution in [0, 0.1) is 3.57 Å². The fourth-order valence-electron chi connectivity index (χ4n) is 3.20. The third kappa shape index (κ3) is 2.92. The first kappa shape index (κ1) is 21.1. The normalized spacial score (nSPS) is 12.6. The molecular weight excluding hydrogens is 524 g/mol. The van der Waals surface area contributed by atoms with E-state index in [9.17, 15) is 0 Å². The van der Waals surface area contributed by atoms with Crippen LogP contribution in [0.3, 0.4) is 0 Å². The fourth-order valence-corrected chi connectivity index (χ4v) is 6.88. The summed E-state index contributed by atoms with van der Waals surface area (Å²) in [6, 6.07) is 0. The monoisotopic (exact) mass is 546 g/mol. The van der Waals surface area contributed by atoms with Crippen LogP contribution in [0.4, 0.5) is 45.5 Å². The maximum absolute atomic E-state index is 6.40. The van der Waals surface area contributed by atoms with Gasteiger partial charge in [0.15, 0.2) is 0 Å². The standard InChI is InChI=1S/C16H22IN8P3/c17-7-3-5(10(20)14(24)12(22)8(3)18)16(27-1-2-28-26)6-4(7)9(19)13(23)15(25)11(6)21/h1-2,27-28H,18-26H2/b2-1+. The molecule has 0 fully saturated rings. The van der Waals surface area contributed by atoms with Gasteiger partial charge in [-0.05, 0) is 27.9 Å². The molecule has 12 heteroatoms. The van der Waals surface area contributed by atoms with E-state index < -0.39 is 0 Å². The van der Waals surface area contributed by atoms with Gasteiger partial charge in [0.25, 0.3) is 0 Å². The van der Waals surface area contributed by atoms with Crippen LogP contribution in [0.2, 0.25) is 0 Å². The van der Waals surface area contributed by atoms with Gasteiger partial charge < -0.3 is 45.9 Å². The SMILES string of the molecule is Nc1c(N)c(N)c2c(P/C=C/PP)c3c(N)c(N)c(N)c(N)c3c(I)c2c1N. The molecule has 8 nitrogen and oxygen atoms in total. The largest absolute Gasteiger partial charge is 0.396 e. The van der Waals surface area contributed by atoms with Gasteiger partial charge in [0.2, 0.25) is 0 Å². The predicted molar refractivity (Wildman–Crippen MR) is 145 cm³/mol. The lowest BCUT2D eigenvalue weighted by Crippen LogP contribution is -2.14. The Morgan fingerprint density at radius 2 is 0.929 bits per heavy atom. The van der Waals surface area contributed by atoms with Crippen molar-refractivity contribution in [3.63, 3.8) is 0 Å². The summed E-state index contributed by atoms with van der Waals surface area (Å²) in [6.07, 6.45) is 0. The highest BCUT2D eigenvalue weighted by atomic mass is 127. The number of hydrogen-bond acceptors (Lipinski definition) is 8. The van der Waals surface area contributed by atoms with E-state index in [0.717, 1.165) is 8.87 Å². The van der Waals surface area contributed by atoms with Gasteiger partial charge in [0.05, 0.1) is 45.5 Å². The Labute approximate surface area is 181 Å². The Hall–Kier alpha value is -1.66. The van der Waals surface area contributed by atoms with Crippen molar-refractivity contribution in [2.24, 2.45) is 0 Å². The quantitative estimate of drug-likeness (QED) is 0.106. The molecule has 0 bridgehead atoms. The van der Waals surface area contributed by atoms with E-state index in [4.69, 9.17) is 45.9 Å². The zero-order valence-corrected chi connectivity index (χ0v) is 20.0. The molecule has 3 rings (SSSR count). The third-order valence-corrected chi connectivity index (χ3v) is 8.14. The Kier molecular flexibility index (Phi) is 5.74. The smallest absolute Gasteiger partial charge is 0.0809 e. The van der Waals surface area contributed by atoms with Crippen LogP contribution in [-0.4, -0.2) is 0 Å². The molecule has 0 aliphatic heterocycles. The molecule has 3 aromatic carbocycles. The first-order valence-electron chi connectivity index (χ1n) is 7.95. The van der Waals surface area contributed by atoms with Crippen molar-refractivity contribution in [1.29, 1.82) is 0 Å². The summed E-state index contributed by atoms with van der Waals surface area (Å²) in [6.45, 7) is 0. The molecule has 0 saturated heterocycles. The molecule has 16 N–H and O–H groups in total. The fraction of sp³-hybridized carbons (Fsp3) is 0. The number of rotatable bonds is 3. The van der Waals surface area contributed by atoms with E-state index in [1.807, 2.05) is 0 Å². The molecule has 3 unspecified atom stereocenters. The van der Waals surface area contributed by atoms with Crippen molar-refractivity contribution >= 4 is 121 Å². The molecule has 0 aliphatic carbocycles. The van der Waals surface area contributed by atoms with Gasteiger partial charge in [-0.3, -0.25) is 0 Å². The number of benzene rings is 3. The molecule has 0 aliphatic rings. The van der Waals surface area contributed by atoms with Crippen molar-refractivity contribution in [3.8, 4) is 0 Å². The Morgan fingerprint density at radius 1 is 0.571 bits per heavy atom. The first-order chi connectivity index (χ1) is 13.1. The van der Waals surface area contributed by atoms with Crippen LogP contribution in [0.15, 0.2) is 11.6 Å². The molecule has 3 atom stereocenters. The number of nitrogens with two attached hydrogens (primary N) is 8. The van der Waals surface area contributed by atoms with E-state index in [2.05, 4.69) is 43.2 Å². The maximum atomic E-state index is 6.40. The van der Waals surface area contributed by atoms with E-state index in [-0.39, 0.29) is 31.3 Å². The minimum absolute atomic E-state index is 0.233. The van der Waals surface area contributed by atoms with Gasteiger partial charge in [0.1, 0.15) is 0 Å². The van der Waals surface area contributed by atoms with Crippen molar-refractivity contribution in [1.82, 2.24) is 0 Å². The van der Waals surface area contributed by atoms with Crippen LogP contribution in [-0.2, 0) is 0 Å². The maximum Gasteiger partial charge on any atom is 0.0809 e. The summed E-state index contributed by atoms with van der Waals surface area (Å²) in [4.78, 5) is 0. The van der Waals surface area contributed by atoms with Crippen molar-refractivity contribution in [2.45, 2.75) is 0 Å². The molecule has 0 aromatic heterocycles. The second-order valence-corrected chi connectivity index (χ2v) is 10.0. The van der Waals surface area contributed by atoms with Crippen LogP contribution in [0.1, 0.15) is 0 Å². The molecule has 0 radical (unpaired) electrons. The molecular formula is C16H22IN8P3. The number of fused-ring (bicyclic) bond motifs is 2. The molecule has 28 heavy (non-hydrogen) atoms. The second kappa shape index (κ2) is 7.64. The first-order valence-corrected chi connectivity index (χ1v) is 13.0. The summed E-state index contributed by atoms with van der Waals surface area (Å²) >= 11 is 2.16. The van der Waals surface area contributed by atoms with Crippen LogP contribution in [0.5, 0.6) is 0 Å². The highest BCUT2D eigenvalue weighted by Gasteiger charge is 2.25. The van der Waals surface area contributed by atoms with Crippen molar-refractivity contribution < 1.29 is 0 Å². The predicted octanol–water partition coefficient (Wildman–Crippen LogP) is 2.50. The molecule has 0 amide bonds. The second-order valence-electron chi connectivity index (χ2n) is 6.14. The van der Waals surface area contributed by atoms with Gasteiger partial charge in [-0.15, -0.1) is 8.93 Å². The number of halogens is 1. The van der Waals surface area contributed by atoms with Gasteiger partial charge in [-0.25, -0.2) is 0 Å². The highest BCUT2D eigenvalue weighted by Crippen LogP contribution is 2.49.